The van der Waals surface area contributed by atoms with E-state index in [4.69, 9.17) is 0 Å². The van der Waals surface area contributed by atoms with Gasteiger partial charge in [0.05, 0.1) is 12.2 Å². The zero-order valence-electron chi connectivity index (χ0n) is 14.7. The van der Waals surface area contributed by atoms with Crippen molar-refractivity contribution >= 4 is 17.6 Å². The van der Waals surface area contributed by atoms with Crippen molar-refractivity contribution in [3.05, 3.63) is 29.8 Å². The first-order valence-corrected chi connectivity index (χ1v) is 9.04. The predicted octanol–water partition coefficient (Wildman–Crippen LogP) is 2.13. The fraction of sp³-hybridized carbons (Fsp3) is 0.556. The van der Waals surface area contributed by atoms with Gasteiger partial charge in [-0.15, -0.1) is 0 Å². The molecular weight excluding hydrogens is 342 g/mol. The molecule has 0 aliphatic carbocycles. The average Bonchev–Trinajstić information content (AvgIpc) is 3.05. The van der Waals surface area contributed by atoms with E-state index in [1.165, 1.54) is 6.07 Å². The predicted molar refractivity (Wildman–Crippen MR) is 93.8 cm³/mol. The van der Waals surface area contributed by atoms with E-state index in [0.717, 1.165) is 51.0 Å². The Balaban J connectivity index is 1.51. The van der Waals surface area contributed by atoms with Crippen molar-refractivity contribution in [2.75, 3.05) is 51.1 Å². The molecule has 8 heteroatoms. The summed E-state index contributed by atoms with van der Waals surface area (Å²) in [7, 11) is 0. The van der Waals surface area contributed by atoms with Gasteiger partial charge in [-0.2, -0.15) is 0 Å². The molecule has 3 rings (SSSR count). The summed E-state index contributed by atoms with van der Waals surface area (Å²) in [6.45, 7) is 4.38. The number of rotatable bonds is 3. The Morgan fingerprint density at radius 2 is 1.65 bits per heavy atom. The minimum absolute atomic E-state index is 0.0401. The van der Waals surface area contributed by atoms with Gasteiger partial charge in [0.1, 0.15) is 11.6 Å². The lowest BCUT2D eigenvalue weighted by molar-refractivity contribution is -0.131. The van der Waals surface area contributed by atoms with Crippen molar-refractivity contribution in [1.29, 1.82) is 0 Å². The summed E-state index contributed by atoms with van der Waals surface area (Å²) >= 11 is 0. The third-order valence-electron chi connectivity index (χ3n) is 4.87. The minimum Gasteiger partial charge on any atom is -0.342 e. The lowest BCUT2D eigenvalue weighted by Crippen LogP contribution is -2.41. The summed E-state index contributed by atoms with van der Waals surface area (Å²) in [6, 6.07) is 2.64. The van der Waals surface area contributed by atoms with Crippen molar-refractivity contribution < 1.29 is 18.4 Å². The largest absolute Gasteiger partial charge is 0.342 e. The number of amides is 3. The Labute approximate surface area is 151 Å². The van der Waals surface area contributed by atoms with Gasteiger partial charge in [-0.25, -0.2) is 13.6 Å². The van der Waals surface area contributed by atoms with Gasteiger partial charge in [-0.1, -0.05) is 0 Å². The molecule has 1 N–H and O–H groups in total. The lowest BCUT2D eigenvalue weighted by atomic mass is 10.3. The van der Waals surface area contributed by atoms with E-state index < -0.39 is 17.7 Å². The van der Waals surface area contributed by atoms with Crippen LogP contribution in [-0.2, 0) is 4.79 Å². The van der Waals surface area contributed by atoms with Crippen LogP contribution in [0.1, 0.15) is 19.3 Å². The van der Waals surface area contributed by atoms with Gasteiger partial charge in [0.25, 0.3) is 0 Å². The van der Waals surface area contributed by atoms with Crippen LogP contribution in [0.5, 0.6) is 0 Å². The summed E-state index contributed by atoms with van der Waals surface area (Å²) in [4.78, 5) is 30.2. The Hall–Kier alpha value is -2.22. The number of nitrogens with zero attached hydrogens (tertiary/aromatic N) is 3. The molecule has 0 atom stereocenters. The quantitative estimate of drug-likeness (QED) is 0.892. The van der Waals surface area contributed by atoms with Gasteiger partial charge in [0.2, 0.25) is 5.91 Å². The number of nitrogens with one attached hydrogen (secondary N) is 1. The maximum Gasteiger partial charge on any atom is 0.321 e. The zero-order chi connectivity index (χ0) is 18.5. The monoisotopic (exact) mass is 366 g/mol. The first-order chi connectivity index (χ1) is 12.5. The first kappa shape index (κ1) is 18.6. The average molecular weight is 366 g/mol. The molecule has 2 aliphatic heterocycles. The van der Waals surface area contributed by atoms with Crippen molar-refractivity contribution in [1.82, 2.24) is 14.7 Å². The number of halogens is 2. The van der Waals surface area contributed by atoms with Crippen LogP contribution in [0.3, 0.4) is 0 Å². The highest BCUT2D eigenvalue weighted by Crippen LogP contribution is 2.16. The van der Waals surface area contributed by atoms with Crippen LogP contribution in [0.25, 0.3) is 0 Å². The highest BCUT2D eigenvalue weighted by atomic mass is 19.1. The fourth-order valence-corrected chi connectivity index (χ4v) is 3.38. The van der Waals surface area contributed by atoms with Crippen LogP contribution in [0.2, 0.25) is 0 Å². The summed E-state index contributed by atoms with van der Waals surface area (Å²) in [6.07, 6.45) is 2.88. The molecule has 1 aromatic rings. The second-order valence-corrected chi connectivity index (χ2v) is 6.76. The molecule has 0 aromatic heterocycles. The molecular formula is C18H24F2N4O2. The Bertz CT molecular complexity index is 665. The van der Waals surface area contributed by atoms with Gasteiger partial charge in [0, 0.05) is 45.3 Å². The molecule has 2 saturated heterocycles. The second-order valence-electron chi connectivity index (χ2n) is 6.76. The topological polar surface area (TPSA) is 55.9 Å². The Morgan fingerprint density at radius 1 is 0.923 bits per heavy atom. The highest BCUT2D eigenvalue weighted by molar-refractivity contribution is 5.89. The summed E-state index contributed by atoms with van der Waals surface area (Å²) in [5.74, 6) is -1.34. The Kier molecular flexibility index (Phi) is 6.03. The number of benzene rings is 1. The lowest BCUT2D eigenvalue weighted by Gasteiger charge is -2.24. The maximum atomic E-state index is 13.7. The minimum atomic E-state index is -0.800. The molecule has 6 nitrogen and oxygen atoms in total. The van der Waals surface area contributed by atoms with Gasteiger partial charge in [-0.3, -0.25) is 9.69 Å². The van der Waals surface area contributed by atoms with Gasteiger partial charge < -0.3 is 15.1 Å². The zero-order valence-corrected chi connectivity index (χ0v) is 14.7. The fourth-order valence-electron chi connectivity index (χ4n) is 3.38. The molecule has 0 spiro atoms. The number of likely N-dealkylation sites (tertiary alicyclic amines) is 1. The third kappa shape index (κ3) is 4.69. The molecule has 3 amide bonds. The van der Waals surface area contributed by atoms with Crippen molar-refractivity contribution in [2.45, 2.75) is 19.3 Å². The van der Waals surface area contributed by atoms with E-state index in [2.05, 4.69) is 10.2 Å². The van der Waals surface area contributed by atoms with Crippen LogP contribution in [0.4, 0.5) is 19.3 Å². The van der Waals surface area contributed by atoms with Crippen LogP contribution in [0, 0.1) is 11.6 Å². The molecule has 2 heterocycles. The SMILES string of the molecule is O=C(CN1CCCN(C(=O)Nc2ccc(F)cc2F)CC1)N1CCCC1. The first-order valence-electron chi connectivity index (χ1n) is 9.04. The van der Waals surface area contributed by atoms with E-state index >= 15 is 0 Å². The van der Waals surface area contributed by atoms with E-state index in [1.54, 1.807) is 4.90 Å². The highest BCUT2D eigenvalue weighted by Gasteiger charge is 2.24. The van der Waals surface area contributed by atoms with Gasteiger partial charge >= 0.3 is 6.03 Å². The molecule has 2 fully saturated rings. The summed E-state index contributed by atoms with van der Waals surface area (Å²) in [5.41, 5.74) is -0.0401. The standard InChI is InChI=1S/C18H24F2N4O2/c19-14-4-5-16(15(20)12-14)21-18(26)24-9-3-6-22(10-11-24)13-17(25)23-7-1-2-8-23/h4-5,12H,1-3,6-11,13H2,(H,21,26). The van der Waals surface area contributed by atoms with E-state index in [-0.39, 0.29) is 11.6 Å². The van der Waals surface area contributed by atoms with Crippen LogP contribution in [-0.4, -0.2) is 72.5 Å². The van der Waals surface area contributed by atoms with Gasteiger partial charge in [0.15, 0.2) is 0 Å². The normalized spacial score (nSPS) is 18.7. The number of hydrogen-bond acceptors (Lipinski definition) is 3. The molecule has 1 aromatic carbocycles. The second kappa shape index (κ2) is 8.44. The number of carbonyl (C=O) groups is 2. The Morgan fingerprint density at radius 3 is 2.38 bits per heavy atom. The molecule has 2 aliphatic rings. The number of anilines is 1. The number of urea groups is 1. The van der Waals surface area contributed by atoms with Gasteiger partial charge in [-0.05, 0) is 31.4 Å². The van der Waals surface area contributed by atoms with E-state index in [1.807, 2.05) is 4.90 Å². The van der Waals surface area contributed by atoms with Crippen molar-refractivity contribution in [3.8, 4) is 0 Å². The third-order valence-corrected chi connectivity index (χ3v) is 4.87. The number of hydrogen-bond donors (Lipinski definition) is 1. The maximum absolute atomic E-state index is 13.7. The van der Waals surface area contributed by atoms with E-state index in [9.17, 15) is 18.4 Å². The molecule has 0 bridgehead atoms. The van der Waals surface area contributed by atoms with Crippen molar-refractivity contribution in [2.24, 2.45) is 0 Å². The van der Waals surface area contributed by atoms with Crippen LogP contribution >= 0.6 is 0 Å². The summed E-state index contributed by atoms with van der Waals surface area (Å²) in [5, 5.41) is 2.49. The van der Waals surface area contributed by atoms with Crippen molar-refractivity contribution in [3.63, 3.8) is 0 Å². The molecule has 26 heavy (non-hydrogen) atoms. The molecule has 0 saturated carbocycles. The van der Waals surface area contributed by atoms with Crippen LogP contribution in [0.15, 0.2) is 18.2 Å². The smallest absolute Gasteiger partial charge is 0.321 e. The molecule has 142 valence electrons. The van der Waals surface area contributed by atoms with E-state index in [0.29, 0.717) is 26.2 Å². The number of carbonyl (C=O) groups excluding carboxylic acids is 2. The summed E-state index contributed by atoms with van der Waals surface area (Å²) < 4.78 is 26.6. The molecule has 0 radical (unpaired) electrons. The molecule has 0 unspecified atom stereocenters. The van der Waals surface area contributed by atoms with Crippen LogP contribution < -0.4 is 5.32 Å².